The lowest BCUT2D eigenvalue weighted by Crippen LogP contribution is -2.49. The van der Waals surface area contributed by atoms with Crippen molar-refractivity contribution >= 4 is 27.6 Å². The third-order valence-corrected chi connectivity index (χ3v) is 5.00. The van der Waals surface area contributed by atoms with E-state index in [0.29, 0.717) is 17.0 Å². The molecule has 0 saturated carbocycles. The third kappa shape index (κ3) is 4.73. The molecule has 0 saturated heterocycles. The summed E-state index contributed by atoms with van der Waals surface area (Å²) in [5.41, 5.74) is -0.00190. The van der Waals surface area contributed by atoms with Crippen molar-refractivity contribution in [1.82, 2.24) is 25.3 Å². The summed E-state index contributed by atoms with van der Waals surface area (Å²) in [6, 6.07) is 6.16. The lowest BCUT2D eigenvalue weighted by molar-refractivity contribution is -0.137. The van der Waals surface area contributed by atoms with Gasteiger partial charge in [-0.05, 0) is 32.9 Å². The molecule has 29 heavy (non-hydrogen) atoms. The number of urea groups is 1. The predicted molar refractivity (Wildman–Crippen MR) is 101 cm³/mol. The van der Waals surface area contributed by atoms with Gasteiger partial charge in [-0.3, -0.25) is 4.98 Å². The van der Waals surface area contributed by atoms with Crippen molar-refractivity contribution in [1.29, 1.82) is 0 Å². The Labute approximate surface area is 168 Å². The van der Waals surface area contributed by atoms with Gasteiger partial charge in [-0.1, -0.05) is 6.07 Å². The Morgan fingerprint density at radius 2 is 2.03 bits per heavy atom. The maximum absolute atomic E-state index is 12.8. The fourth-order valence-electron chi connectivity index (χ4n) is 2.47. The lowest BCUT2D eigenvalue weighted by atomic mass is 10.0. The van der Waals surface area contributed by atoms with Gasteiger partial charge in [0.2, 0.25) is 5.88 Å². The van der Waals surface area contributed by atoms with Crippen molar-refractivity contribution in [2.24, 2.45) is 0 Å². The second-order valence-electron chi connectivity index (χ2n) is 6.56. The van der Waals surface area contributed by atoms with Crippen molar-refractivity contribution in [3.63, 3.8) is 0 Å². The summed E-state index contributed by atoms with van der Waals surface area (Å²) in [6.07, 6.45) is -1.72. The van der Waals surface area contributed by atoms with E-state index >= 15 is 0 Å². The number of alkyl halides is 3. The molecule has 0 atom stereocenters. The number of halogens is 3. The van der Waals surface area contributed by atoms with Gasteiger partial charge in [0, 0.05) is 12.3 Å². The fourth-order valence-corrected chi connectivity index (χ4v) is 3.30. The van der Waals surface area contributed by atoms with Crippen LogP contribution in [0.5, 0.6) is 5.88 Å². The maximum Gasteiger partial charge on any atom is 0.443 e. The largest absolute Gasteiger partial charge is 0.443 e. The second-order valence-corrected chi connectivity index (χ2v) is 7.59. The molecule has 3 heterocycles. The van der Waals surface area contributed by atoms with Gasteiger partial charge in [0.1, 0.15) is 5.52 Å². The summed E-state index contributed by atoms with van der Waals surface area (Å²) >= 11 is 0.485. The number of pyridine rings is 2. The molecular formula is C18H18F3N5O2S. The molecule has 0 unspecified atom stereocenters. The molecule has 0 aliphatic rings. The van der Waals surface area contributed by atoms with Crippen molar-refractivity contribution in [2.75, 3.05) is 6.54 Å². The highest BCUT2D eigenvalue weighted by molar-refractivity contribution is 7.18. The molecule has 3 aromatic rings. The smallest absolute Gasteiger partial charge is 0.355 e. The number of nitrogens with one attached hydrogen (secondary N) is 1. The van der Waals surface area contributed by atoms with Crippen LogP contribution in [0, 0.1) is 0 Å². The van der Waals surface area contributed by atoms with Crippen LogP contribution in [0.25, 0.3) is 10.2 Å². The summed E-state index contributed by atoms with van der Waals surface area (Å²) in [5, 5.41) is 2.89. The number of fused-ring (bicyclic) bond motifs is 1. The molecule has 7 nitrogen and oxygen atoms in total. The number of amides is 2. The number of hydrogen-bond donors (Lipinski definition) is 1. The molecule has 0 bridgehead atoms. The van der Waals surface area contributed by atoms with E-state index in [1.54, 1.807) is 39.1 Å². The van der Waals surface area contributed by atoms with Crippen LogP contribution in [0.2, 0.25) is 0 Å². The summed E-state index contributed by atoms with van der Waals surface area (Å²) < 4.78 is 38.7. The zero-order valence-electron chi connectivity index (χ0n) is 15.8. The fraction of sp³-hybridized carbons (Fsp3) is 0.333. The highest BCUT2D eigenvalue weighted by Crippen LogP contribution is 2.36. The molecule has 0 aromatic carbocycles. The van der Waals surface area contributed by atoms with Crippen LogP contribution in [0.15, 0.2) is 36.7 Å². The number of hydroxylamine groups is 2. The first-order chi connectivity index (χ1) is 13.6. The molecule has 11 heteroatoms. The van der Waals surface area contributed by atoms with Crippen LogP contribution in [0.3, 0.4) is 0 Å². The van der Waals surface area contributed by atoms with E-state index in [4.69, 9.17) is 4.84 Å². The van der Waals surface area contributed by atoms with Gasteiger partial charge in [-0.2, -0.15) is 18.2 Å². The molecule has 0 aliphatic carbocycles. The Bertz CT molecular complexity index is 1010. The Hall–Kier alpha value is -2.95. The number of nitrogens with zero attached hydrogens (tertiary/aromatic N) is 4. The summed E-state index contributed by atoms with van der Waals surface area (Å²) in [4.78, 5) is 29.8. The van der Waals surface area contributed by atoms with Crippen LogP contribution in [0.1, 0.15) is 31.5 Å². The van der Waals surface area contributed by atoms with E-state index in [2.05, 4.69) is 20.3 Å². The highest BCUT2D eigenvalue weighted by Gasteiger charge is 2.35. The van der Waals surface area contributed by atoms with Gasteiger partial charge in [0.15, 0.2) is 5.01 Å². The quantitative estimate of drug-likeness (QED) is 0.614. The summed E-state index contributed by atoms with van der Waals surface area (Å²) in [7, 11) is 0. The van der Waals surface area contributed by atoms with Gasteiger partial charge >= 0.3 is 12.2 Å². The first-order valence-electron chi connectivity index (χ1n) is 8.63. The first kappa shape index (κ1) is 20.8. The molecule has 2 amide bonds. The molecule has 3 aromatic heterocycles. The average Bonchev–Trinajstić information content (AvgIpc) is 3.10. The Morgan fingerprint density at radius 1 is 1.28 bits per heavy atom. The average molecular weight is 425 g/mol. The second kappa shape index (κ2) is 7.82. The zero-order chi connectivity index (χ0) is 21.2. The molecule has 154 valence electrons. The van der Waals surface area contributed by atoms with E-state index in [9.17, 15) is 18.0 Å². The first-order valence-corrected chi connectivity index (χ1v) is 9.44. The van der Waals surface area contributed by atoms with Crippen LogP contribution < -0.4 is 10.2 Å². The third-order valence-electron chi connectivity index (χ3n) is 3.93. The van der Waals surface area contributed by atoms with Gasteiger partial charge in [-0.25, -0.2) is 14.8 Å². The minimum absolute atomic E-state index is 0.0116. The molecular weight excluding hydrogens is 407 g/mol. The minimum Gasteiger partial charge on any atom is -0.355 e. The number of carbonyl (C=O) groups is 1. The number of aromatic nitrogens is 3. The van der Waals surface area contributed by atoms with Gasteiger partial charge in [-0.15, -0.1) is 11.3 Å². The van der Waals surface area contributed by atoms with Crippen LogP contribution in [-0.2, 0) is 11.7 Å². The van der Waals surface area contributed by atoms with Gasteiger partial charge in [0.05, 0.1) is 28.7 Å². The standard InChI is InChI=1S/C18H18F3N5O2S/c1-4-26(16(27)25-17(2,3)13-7-5-6-8-22-13)28-14-9-12-11(10-23-14)24-15(29-12)18(19,20)21/h5-10H,4H2,1-3H3,(H,25,27). The predicted octanol–water partition coefficient (Wildman–Crippen LogP) is 4.37. The maximum atomic E-state index is 12.8. The van der Waals surface area contributed by atoms with E-state index in [0.717, 1.165) is 5.06 Å². The lowest BCUT2D eigenvalue weighted by Gasteiger charge is -2.29. The monoisotopic (exact) mass is 425 g/mol. The van der Waals surface area contributed by atoms with Gasteiger partial charge in [0.25, 0.3) is 0 Å². The van der Waals surface area contributed by atoms with E-state index in [-0.39, 0.29) is 22.6 Å². The number of rotatable bonds is 5. The van der Waals surface area contributed by atoms with Crippen molar-refractivity contribution in [3.05, 3.63) is 47.4 Å². The number of thiazole rings is 1. The molecule has 3 rings (SSSR count). The number of hydrogen-bond acceptors (Lipinski definition) is 6. The SMILES string of the molecule is CCN(Oc1cc2sc(C(F)(F)F)nc2cn1)C(=O)NC(C)(C)c1ccccn1. The number of carbonyl (C=O) groups excluding carboxylic acids is 1. The van der Waals surface area contributed by atoms with Crippen LogP contribution >= 0.6 is 11.3 Å². The summed E-state index contributed by atoms with van der Waals surface area (Å²) in [5.74, 6) is -0.0116. The molecule has 0 aliphatic heterocycles. The van der Waals surface area contributed by atoms with Crippen molar-refractivity contribution in [3.8, 4) is 5.88 Å². The Balaban J connectivity index is 1.76. The van der Waals surface area contributed by atoms with Gasteiger partial charge < -0.3 is 10.2 Å². The Morgan fingerprint density at radius 3 is 2.66 bits per heavy atom. The van der Waals surface area contributed by atoms with E-state index in [1.807, 2.05) is 6.07 Å². The van der Waals surface area contributed by atoms with E-state index in [1.165, 1.54) is 12.3 Å². The summed E-state index contributed by atoms with van der Waals surface area (Å²) in [6.45, 7) is 5.46. The van der Waals surface area contributed by atoms with Crippen LogP contribution in [-0.4, -0.2) is 32.6 Å². The minimum atomic E-state index is -4.53. The molecule has 0 spiro atoms. The highest BCUT2D eigenvalue weighted by atomic mass is 32.1. The molecule has 0 fully saturated rings. The van der Waals surface area contributed by atoms with E-state index < -0.39 is 22.8 Å². The normalized spacial score (nSPS) is 12.1. The molecule has 1 N–H and O–H groups in total. The topological polar surface area (TPSA) is 80.2 Å². The van der Waals surface area contributed by atoms with Crippen molar-refractivity contribution in [2.45, 2.75) is 32.5 Å². The van der Waals surface area contributed by atoms with Crippen LogP contribution in [0.4, 0.5) is 18.0 Å². The Kier molecular flexibility index (Phi) is 5.60. The molecule has 0 radical (unpaired) electrons. The van der Waals surface area contributed by atoms with Crippen molar-refractivity contribution < 1.29 is 22.8 Å². The zero-order valence-corrected chi connectivity index (χ0v) is 16.6.